The highest BCUT2D eigenvalue weighted by molar-refractivity contribution is 6.08. The molecule has 0 saturated heterocycles. The van der Waals surface area contributed by atoms with E-state index in [1.807, 2.05) is 38.4 Å². The molecule has 1 heterocycles. The average Bonchev–Trinajstić information content (AvgIpc) is 3.42. The van der Waals surface area contributed by atoms with Crippen molar-refractivity contribution in [2.45, 2.75) is 25.4 Å². The zero-order valence-electron chi connectivity index (χ0n) is 17.1. The van der Waals surface area contributed by atoms with Gasteiger partial charge < -0.3 is 19.2 Å². The lowest BCUT2D eigenvalue weighted by Crippen LogP contribution is -2.28. The monoisotopic (exact) mass is 394 g/mol. The quantitative estimate of drug-likeness (QED) is 0.311. The molecule has 0 N–H and O–H groups in total. The Hall–Kier alpha value is -2.86. The van der Waals surface area contributed by atoms with E-state index in [1.165, 1.54) is 6.92 Å². The zero-order chi connectivity index (χ0) is 20.4. The van der Waals surface area contributed by atoms with Gasteiger partial charge in [-0.15, -0.1) is 0 Å². The van der Waals surface area contributed by atoms with E-state index in [0.717, 1.165) is 36.2 Å². The van der Waals surface area contributed by atoms with Crippen molar-refractivity contribution in [3.05, 3.63) is 59.7 Å². The van der Waals surface area contributed by atoms with Crippen LogP contribution in [0.1, 0.15) is 30.9 Å². The van der Waals surface area contributed by atoms with Crippen LogP contribution < -0.4 is 9.47 Å². The lowest BCUT2D eigenvalue weighted by molar-refractivity contribution is -0.131. The first-order valence-corrected chi connectivity index (χ1v) is 9.91. The molecule has 0 aromatic heterocycles. The molecule has 2 unspecified atom stereocenters. The number of hydrogen-bond acceptors (Lipinski definition) is 6. The van der Waals surface area contributed by atoms with Crippen molar-refractivity contribution in [2.75, 3.05) is 27.2 Å². The number of nitrogens with zero attached hydrogens (tertiary/aromatic N) is 2. The molecule has 29 heavy (non-hydrogen) atoms. The summed E-state index contributed by atoms with van der Waals surface area (Å²) >= 11 is 0. The fourth-order valence-corrected chi connectivity index (χ4v) is 3.86. The second-order valence-electron chi connectivity index (χ2n) is 7.83. The zero-order valence-corrected chi connectivity index (χ0v) is 17.1. The summed E-state index contributed by atoms with van der Waals surface area (Å²) in [5, 5.41) is 4.52. The van der Waals surface area contributed by atoms with Gasteiger partial charge in [0.05, 0.1) is 11.6 Å². The smallest absolute Gasteiger partial charge is 0.308 e. The summed E-state index contributed by atoms with van der Waals surface area (Å²) in [6.07, 6.45) is 1.75. The molecule has 1 aliphatic heterocycles. The van der Waals surface area contributed by atoms with E-state index in [-0.39, 0.29) is 11.9 Å². The molecule has 6 nitrogen and oxygen atoms in total. The van der Waals surface area contributed by atoms with E-state index >= 15 is 0 Å². The van der Waals surface area contributed by atoms with Gasteiger partial charge in [-0.3, -0.25) is 4.79 Å². The minimum absolute atomic E-state index is 0.144. The summed E-state index contributed by atoms with van der Waals surface area (Å²) in [7, 11) is 4.08. The molecule has 1 saturated carbocycles. The highest BCUT2D eigenvalue weighted by Gasteiger charge is 2.64. The van der Waals surface area contributed by atoms with E-state index in [9.17, 15) is 4.79 Å². The molecule has 1 fully saturated rings. The van der Waals surface area contributed by atoms with Gasteiger partial charge in [0.15, 0.2) is 0 Å². The van der Waals surface area contributed by atoms with Crippen molar-refractivity contribution in [2.24, 2.45) is 11.1 Å². The predicted octanol–water partition coefficient (Wildman–Crippen LogP) is 3.59. The Morgan fingerprint density at radius 3 is 2.76 bits per heavy atom. The minimum Gasteiger partial charge on any atom is -0.481 e. The van der Waals surface area contributed by atoms with Crippen molar-refractivity contribution in [1.82, 2.24) is 4.90 Å². The molecule has 2 aromatic carbocycles. The number of carbonyl (C=O) groups is 1. The Kier molecular flexibility index (Phi) is 5.28. The maximum atomic E-state index is 11.3. The molecular weight excluding hydrogens is 368 g/mol. The molecule has 0 spiro atoms. The first-order chi connectivity index (χ1) is 14.0. The first kappa shape index (κ1) is 19.5. The van der Waals surface area contributed by atoms with Gasteiger partial charge in [0.2, 0.25) is 0 Å². The van der Waals surface area contributed by atoms with Crippen LogP contribution in [0.15, 0.2) is 53.7 Å². The molecular formula is C23H26N2O4. The van der Waals surface area contributed by atoms with Crippen LogP contribution in [0, 0.1) is 5.92 Å². The Bertz CT molecular complexity index is 926. The average molecular weight is 394 g/mol. The van der Waals surface area contributed by atoms with E-state index in [1.54, 1.807) is 12.1 Å². The summed E-state index contributed by atoms with van der Waals surface area (Å²) in [6.45, 7) is 2.90. The molecule has 152 valence electrons. The number of ether oxygens (including phenoxy) is 2. The summed E-state index contributed by atoms with van der Waals surface area (Å²) in [4.78, 5) is 19.1. The van der Waals surface area contributed by atoms with Gasteiger partial charge in [-0.1, -0.05) is 35.5 Å². The SMILES string of the molecule is CC(=O)Oc1ccc2c(c1)OC1(c3ccccc3)CC1C2=NOCCCN(C)C. The molecule has 6 heteroatoms. The van der Waals surface area contributed by atoms with Crippen LogP contribution >= 0.6 is 0 Å². The summed E-state index contributed by atoms with van der Waals surface area (Å²) in [6, 6.07) is 15.6. The van der Waals surface area contributed by atoms with Gasteiger partial charge in [0.25, 0.3) is 0 Å². The number of rotatable bonds is 7. The molecule has 2 aliphatic rings. The fourth-order valence-electron chi connectivity index (χ4n) is 3.86. The van der Waals surface area contributed by atoms with E-state index < -0.39 is 5.60 Å². The van der Waals surface area contributed by atoms with Gasteiger partial charge in [-0.2, -0.15) is 0 Å². The maximum absolute atomic E-state index is 11.3. The first-order valence-electron chi connectivity index (χ1n) is 9.91. The summed E-state index contributed by atoms with van der Waals surface area (Å²) < 4.78 is 11.7. The number of oxime groups is 1. The van der Waals surface area contributed by atoms with Crippen LogP contribution in [-0.4, -0.2) is 43.8 Å². The van der Waals surface area contributed by atoms with Crippen molar-refractivity contribution >= 4 is 11.7 Å². The standard InChI is InChI=1S/C23H26N2O4/c1-16(26)28-18-10-11-19-21(14-18)29-23(17-8-5-4-6-9-17)15-20(23)22(19)24-27-13-7-12-25(2)3/h4-6,8-11,14,20H,7,12-13,15H2,1-3H3. The number of benzene rings is 2. The number of esters is 1. The lowest BCUT2D eigenvalue weighted by Gasteiger charge is -2.27. The Labute approximate surface area is 171 Å². The predicted molar refractivity (Wildman–Crippen MR) is 110 cm³/mol. The number of fused-ring (bicyclic) bond motifs is 2. The van der Waals surface area contributed by atoms with Crippen LogP contribution in [0.5, 0.6) is 11.5 Å². The number of hydrogen-bond donors (Lipinski definition) is 0. The van der Waals surface area contributed by atoms with Crippen LogP contribution in [0.2, 0.25) is 0 Å². The van der Waals surface area contributed by atoms with Gasteiger partial charge in [0, 0.05) is 31.5 Å². The molecule has 0 amide bonds. The normalized spacial score (nSPS) is 23.2. The van der Waals surface area contributed by atoms with E-state index in [4.69, 9.17) is 14.3 Å². The van der Waals surface area contributed by atoms with Crippen LogP contribution in [0.3, 0.4) is 0 Å². The van der Waals surface area contributed by atoms with Crippen molar-refractivity contribution in [3.8, 4) is 11.5 Å². The molecule has 0 radical (unpaired) electrons. The van der Waals surface area contributed by atoms with Crippen LogP contribution in [-0.2, 0) is 15.2 Å². The summed E-state index contributed by atoms with van der Waals surface area (Å²) in [5.41, 5.74) is 2.47. The van der Waals surface area contributed by atoms with E-state index in [2.05, 4.69) is 22.2 Å². The van der Waals surface area contributed by atoms with Crippen LogP contribution in [0.4, 0.5) is 0 Å². The van der Waals surface area contributed by atoms with Crippen LogP contribution in [0.25, 0.3) is 0 Å². The third-order valence-corrected chi connectivity index (χ3v) is 5.29. The third kappa shape index (κ3) is 3.98. The highest BCUT2D eigenvalue weighted by Crippen LogP contribution is 2.60. The van der Waals surface area contributed by atoms with Gasteiger partial charge in [-0.25, -0.2) is 0 Å². The maximum Gasteiger partial charge on any atom is 0.308 e. The molecule has 2 atom stereocenters. The second-order valence-corrected chi connectivity index (χ2v) is 7.83. The topological polar surface area (TPSA) is 60.4 Å². The third-order valence-electron chi connectivity index (χ3n) is 5.29. The van der Waals surface area contributed by atoms with Crippen molar-refractivity contribution in [1.29, 1.82) is 0 Å². The van der Waals surface area contributed by atoms with E-state index in [0.29, 0.717) is 18.1 Å². The van der Waals surface area contributed by atoms with Gasteiger partial charge in [0.1, 0.15) is 23.7 Å². The fraction of sp³-hybridized carbons (Fsp3) is 0.391. The summed E-state index contributed by atoms with van der Waals surface area (Å²) in [5.74, 6) is 0.911. The Morgan fingerprint density at radius 2 is 2.03 bits per heavy atom. The van der Waals surface area contributed by atoms with Gasteiger partial charge in [-0.05, 0) is 38.2 Å². The molecule has 2 aromatic rings. The van der Waals surface area contributed by atoms with Crippen molar-refractivity contribution in [3.63, 3.8) is 0 Å². The Balaban J connectivity index is 1.63. The molecule has 1 aliphatic carbocycles. The second kappa shape index (κ2) is 7.87. The largest absolute Gasteiger partial charge is 0.481 e. The molecule has 4 rings (SSSR count). The number of carbonyl (C=O) groups excluding carboxylic acids is 1. The van der Waals surface area contributed by atoms with Gasteiger partial charge >= 0.3 is 5.97 Å². The Morgan fingerprint density at radius 1 is 1.24 bits per heavy atom. The highest BCUT2D eigenvalue weighted by atomic mass is 16.6. The van der Waals surface area contributed by atoms with Crippen molar-refractivity contribution < 1.29 is 19.1 Å². The molecule has 0 bridgehead atoms. The minimum atomic E-state index is -0.436. The lowest BCUT2D eigenvalue weighted by atomic mass is 9.95.